The molecule has 2 bridgehead atoms. The molecule has 0 aromatic rings. The molecule has 3 nitrogen and oxygen atoms in total. The molecule has 2 aliphatic carbocycles. The van der Waals surface area contributed by atoms with Crippen LogP contribution in [-0.4, -0.2) is 28.2 Å². The third-order valence-electron chi connectivity index (χ3n) is 4.71. The van der Waals surface area contributed by atoms with Crippen LogP contribution in [0.4, 0.5) is 0 Å². The average molecular weight is 259 g/mol. The number of ketones is 1. The Morgan fingerprint density at radius 2 is 2.00 bits per heavy atom. The van der Waals surface area contributed by atoms with Crippen LogP contribution in [0.15, 0.2) is 23.8 Å². The van der Waals surface area contributed by atoms with Gasteiger partial charge in [-0.05, 0) is 43.8 Å². The van der Waals surface area contributed by atoms with Crippen molar-refractivity contribution < 1.29 is 9.59 Å². The van der Waals surface area contributed by atoms with E-state index in [1.165, 1.54) is 6.08 Å². The number of nitrogens with zero attached hydrogens (tertiary/aromatic N) is 1. The van der Waals surface area contributed by atoms with E-state index in [1.54, 1.807) is 12.2 Å². The van der Waals surface area contributed by atoms with Gasteiger partial charge in [0.15, 0.2) is 5.78 Å². The second-order valence-corrected chi connectivity index (χ2v) is 7.24. The van der Waals surface area contributed by atoms with Gasteiger partial charge in [-0.25, -0.2) is 0 Å². The lowest BCUT2D eigenvalue weighted by Crippen LogP contribution is -2.71. The van der Waals surface area contributed by atoms with Crippen LogP contribution in [-0.2, 0) is 9.59 Å². The molecular weight excluding hydrogens is 238 g/mol. The van der Waals surface area contributed by atoms with Gasteiger partial charge in [-0.2, -0.15) is 0 Å². The second kappa shape index (κ2) is 3.81. The predicted octanol–water partition coefficient (Wildman–Crippen LogP) is 2.62. The van der Waals surface area contributed by atoms with Gasteiger partial charge in [-0.1, -0.05) is 19.9 Å². The Kier molecular flexibility index (Phi) is 2.54. The summed E-state index contributed by atoms with van der Waals surface area (Å²) in [5.41, 5.74) is 1.04. The van der Waals surface area contributed by atoms with Crippen LogP contribution in [0.2, 0.25) is 0 Å². The number of fused-ring (bicyclic) bond motifs is 2. The lowest BCUT2D eigenvalue weighted by molar-refractivity contribution is -0.171. The van der Waals surface area contributed by atoms with E-state index in [2.05, 4.69) is 25.7 Å². The fourth-order valence-corrected chi connectivity index (χ4v) is 4.33. The molecule has 0 radical (unpaired) electrons. The maximum atomic E-state index is 12.6. The highest BCUT2D eigenvalue weighted by atomic mass is 16.2. The van der Waals surface area contributed by atoms with Crippen molar-refractivity contribution >= 4 is 11.7 Å². The summed E-state index contributed by atoms with van der Waals surface area (Å²) < 4.78 is 0. The van der Waals surface area contributed by atoms with Gasteiger partial charge in [0.25, 0.3) is 5.91 Å². The molecule has 102 valence electrons. The third-order valence-corrected chi connectivity index (χ3v) is 4.71. The number of hydrogen-bond acceptors (Lipinski definition) is 2. The second-order valence-electron chi connectivity index (χ2n) is 7.24. The molecule has 0 aromatic carbocycles. The molecular formula is C16H21NO2. The van der Waals surface area contributed by atoms with Crippen molar-refractivity contribution in [3.05, 3.63) is 23.8 Å². The topological polar surface area (TPSA) is 37.4 Å². The third kappa shape index (κ3) is 1.96. The summed E-state index contributed by atoms with van der Waals surface area (Å²) in [5, 5.41) is 0. The van der Waals surface area contributed by atoms with E-state index in [0.29, 0.717) is 23.5 Å². The fourth-order valence-electron chi connectivity index (χ4n) is 4.33. The Hall–Kier alpha value is -1.38. The minimum absolute atomic E-state index is 0.0135. The zero-order valence-electron chi connectivity index (χ0n) is 11.9. The van der Waals surface area contributed by atoms with Gasteiger partial charge in [0.05, 0.1) is 0 Å². The van der Waals surface area contributed by atoms with Crippen molar-refractivity contribution in [3.63, 3.8) is 0 Å². The van der Waals surface area contributed by atoms with E-state index >= 15 is 0 Å². The summed E-state index contributed by atoms with van der Waals surface area (Å²) in [4.78, 5) is 25.8. The van der Waals surface area contributed by atoms with Gasteiger partial charge >= 0.3 is 0 Å². The van der Waals surface area contributed by atoms with Crippen molar-refractivity contribution in [2.45, 2.75) is 58.0 Å². The molecule has 1 amide bonds. The first-order chi connectivity index (χ1) is 8.81. The minimum Gasteiger partial charge on any atom is -0.330 e. The lowest BCUT2D eigenvalue weighted by atomic mass is 9.59. The zero-order chi connectivity index (χ0) is 13.8. The number of rotatable bonds is 1. The monoisotopic (exact) mass is 259 g/mol. The first-order valence-electron chi connectivity index (χ1n) is 7.06. The van der Waals surface area contributed by atoms with E-state index < -0.39 is 0 Å². The Balaban J connectivity index is 1.80. The van der Waals surface area contributed by atoms with Crippen LogP contribution in [0.3, 0.4) is 0 Å². The Morgan fingerprint density at radius 1 is 1.26 bits per heavy atom. The first-order valence-corrected chi connectivity index (χ1v) is 7.06. The Bertz CT molecular complexity index is 515. The SMILES string of the molecule is CC1(C)C[C@H]2C[C@@](C)(C1)N2C(=O)C1=CCC(=O)C=C1. The molecule has 2 heterocycles. The van der Waals surface area contributed by atoms with Crippen LogP contribution >= 0.6 is 0 Å². The molecule has 2 saturated heterocycles. The molecule has 4 rings (SSSR count). The average Bonchev–Trinajstić information content (AvgIpc) is 2.26. The molecule has 0 aromatic heterocycles. The van der Waals surface area contributed by atoms with E-state index in [1.807, 2.05) is 0 Å². The standard InChI is InChI=1S/C16H21NO2/c1-15(2)8-12-9-16(3,10-15)17(12)14(19)11-4-6-13(18)7-5-11/h4-6,12H,7-10H2,1-3H3/t12-,16-/m0/s1. The molecule has 0 spiro atoms. The summed E-state index contributed by atoms with van der Waals surface area (Å²) in [6, 6.07) is 0.383. The molecule has 2 atom stereocenters. The van der Waals surface area contributed by atoms with Crippen LogP contribution < -0.4 is 0 Å². The summed E-state index contributed by atoms with van der Waals surface area (Å²) in [5.74, 6) is 0.186. The number of hydrogen-bond donors (Lipinski definition) is 0. The molecule has 19 heavy (non-hydrogen) atoms. The maximum absolute atomic E-state index is 12.6. The number of piperidine rings is 1. The molecule has 1 saturated carbocycles. The smallest absolute Gasteiger partial charge is 0.254 e. The zero-order valence-corrected chi connectivity index (χ0v) is 11.9. The maximum Gasteiger partial charge on any atom is 0.254 e. The fraction of sp³-hybridized carbons (Fsp3) is 0.625. The molecule has 2 aliphatic heterocycles. The Morgan fingerprint density at radius 3 is 2.58 bits per heavy atom. The predicted molar refractivity (Wildman–Crippen MR) is 73.5 cm³/mol. The normalized spacial score (nSPS) is 35.7. The van der Waals surface area contributed by atoms with Gasteiger partial charge in [0.1, 0.15) is 0 Å². The van der Waals surface area contributed by atoms with Gasteiger partial charge in [0, 0.05) is 23.6 Å². The van der Waals surface area contributed by atoms with Crippen LogP contribution in [0.1, 0.15) is 46.5 Å². The molecule has 0 unspecified atom stereocenters. The molecule has 3 fully saturated rings. The molecule has 3 heteroatoms. The van der Waals surface area contributed by atoms with Crippen molar-refractivity contribution in [2.24, 2.45) is 5.41 Å². The van der Waals surface area contributed by atoms with E-state index in [-0.39, 0.29) is 17.2 Å². The number of carbonyl (C=O) groups is 2. The first kappa shape index (κ1) is 12.6. The van der Waals surface area contributed by atoms with E-state index in [0.717, 1.165) is 19.3 Å². The van der Waals surface area contributed by atoms with E-state index in [4.69, 9.17) is 0 Å². The number of carbonyl (C=O) groups excluding carboxylic acids is 2. The van der Waals surface area contributed by atoms with Gasteiger partial charge < -0.3 is 4.90 Å². The van der Waals surface area contributed by atoms with Crippen LogP contribution in [0, 0.1) is 5.41 Å². The summed E-state index contributed by atoms with van der Waals surface area (Å²) in [6.07, 6.45) is 8.61. The van der Waals surface area contributed by atoms with Gasteiger partial charge in [-0.3, -0.25) is 9.59 Å². The van der Waals surface area contributed by atoms with Crippen molar-refractivity contribution in [3.8, 4) is 0 Å². The van der Waals surface area contributed by atoms with Crippen LogP contribution in [0.25, 0.3) is 0 Å². The van der Waals surface area contributed by atoms with Gasteiger partial charge in [-0.15, -0.1) is 0 Å². The van der Waals surface area contributed by atoms with Crippen molar-refractivity contribution in [1.29, 1.82) is 0 Å². The summed E-state index contributed by atoms with van der Waals surface area (Å²) >= 11 is 0. The molecule has 4 aliphatic rings. The minimum atomic E-state index is 0.0135. The van der Waals surface area contributed by atoms with Crippen LogP contribution in [0.5, 0.6) is 0 Å². The van der Waals surface area contributed by atoms with Crippen molar-refractivity contribution in [2.75, 3.05) is 0 Å². The van der Waals surface area contributed by atoms with Crippen molar-refractivity contribution in [1.82, 2.24) is 4.90 Å². The highest BCUT2D eigenvalue weighted by Crippen LogP contribution is 2.54. The summed E-state index contributed by atoms with van der Waals surface area (Å²) in [6.45, 7) is 6.77. The number of amides is 1. The lowest BCUT2D eigenvalue weighted by Gasteiger charge is -2.65. The summed E-state index contributed by atoms with van der Waals surface area (Å²) in [7, 11) is 0. The van der Waals surface area contributed by atoms with Gasteiger partial charge in [0.2, 0.25) is 0 Å². The molecule has 0 N–H and O–H groups in total. The number of allylic oxidation sites excluding steroid dienone is 2. The van der Waals surface area contributed by atoms with E-state index in [9.17, 15) is 9.59 Å². The largest absolute Gasteiger partial charge is 0.330 e. The highest BCUT2D eigenvalue weighted by Gasteiger charge is 2.58. The Labute approximate surface area is 114 Å². The quantitative estimate of drug-likeness (QED) is 0.726. The highest BCUT2D eigenvalue weighted by molar-refractivity contribution is 6.03.